The third kappa shape index (κ3) is 4.40. The molecule has 0 fully saturated rings. The van der Waals surface area contributed by atoms with E-state index in [1.807, 2.05) is 0 Å². The molecule has 57 valence electrons. The van der Waals surface area contributed by atoms with E-state index in [1.54, 1.807) is 7.11 Å². The molecule has 1 atom stereocenters. The Morgan fingerprint density at radius 2 is 2.20 bits per heavy atom. The largest absolute Gasteiger partial charge is 0.381 e. The Kier molecular flexibility index (Phi) is 6.32. The van der Waals surface area contributed by atoms with Crippen LogP contribution in [-0.2, 0) is 4.74 Å². The molecule has 0 amide bonds. The highest BCUT2D eigenvalue weighted by Gasteiger charge is 2.02. The van der Waals surface area contributed by atoms with Crippen LogP contribution in [-0.4, -0.2) is 13.2 Å². The van der Waals surface area contributed by atoms with Crippen LogP contribution in [0.25, 0.3) is 0 Å². The monoisotopic (exact) mass is 139 g/mol. The van der Waals surface area contributed by atoms with Crippen molar-refractivity contribution in [2.45, 2.75) is 38.7 Å². The molecule has 1 unspecified atom stereocenters. The van der Waals surface area contributed by atoms with Gasteiger partial charge in [-0.3, -0.25) is 0 Å². The normalized spacial score (nSPS) is 12.5. The Hall–Kier alpha value is -0.480. The molecule has 0 aromatic rings. The van der Waals surface area contributed by atoms with Crippen molar-refractivity contribution in [2.24, 2.45) is 0 Å². The summed E-state index contributed by atoms with van der Waals surface area (Å²) in [6.07, 6.45) is 10.9. The molecular weight excluding hydrogens is 124 g/mol. The zero-order chi connectivity index (χ0) is 7.82. The van der Waals surface area contributed by atoms with Crippen LogP contribution < -0.4 is 0 Å². The first kappa shape index (κ1) is 9.52. The average Bonchev–Trinajstić information content (AvgIpc) is 1.98. The molecule has 1 radical (unpaired) electrons. The summed E-state index contributed by atoms with van der Waals surface area (Å²) in [6.45, 7) is 2.14. The Labute approximate surface area is 63.8 Å². The second kappa shape index (κ2) is 6.64. The van der Waals surface area contributed by atoms with E-state index in [2.05, 4.69) is 12.8 Å². The van der Waals surface area contributed by atoms with Crippen molar-refractivity contribution in [1.29, 1.82) is 0 Å². The van der Waals surface area contributed by atoms with Gasteiger partial charge in [0.25, 0.3) is 0 Å². The molecule has 0 aliphatic rings. The van der Waals surface area contributed by atoms with Crippen molar-refractivity contribution in [1.82, 2.24) is 0 Å². The summed E-state index contributed by atoms with van der Waals surface area (Å²) >= 11 is 0. The predicted octanol–water partition coefficient (Wildman–Crippen LogP) is 2.17. The van der Waals surface area contributed by atoms with E-state index in [9.17, 15) is 0 Å². The molecule has 1 heteroatoms. The van der Waals surface area contributed by atoms with E-state index in [4.69, 9.17) is 11.2 Å². The van der Waals surface area contributed by atoms with Gasteiger partial charge < -0.3 is 4.74 Å². The van der Waals surface area contributed by atoms with Crippen LogP contribution in [0.3, 0.4) is 0 Å². The smallest absolute Gasteiger partial charge is 0.0580 e. The number of ether oxygens (including phenoxy) is 1. The van der Waals surface area contributed by atoms with Crippen molar-refractivity contribution >= 4 is 0 Å². The minimum absolute atomic E-state index is 0.336. The first-order valence-electron chi connectivity index (χ1n) is 3.77. The molecule has 0 aliphatic heterocycles. The molecule has 10 heavy (non-hydrogen) atoms. The second-order valence-electron chi connectivity index (χ2n) is 2.36. The van der Waals surface area contributed by atoms with E-state index in [0.29, 0.717) is 6.10 Å². The van der Waals surface area contributed by atoms with Crippen molar-refractivity contribution in [3.05, 3.63) is 6.42 Å². The Morgan fingerprint density at radius 1 is 1.50 bits per heavy atom. The molecule has 0 aromatic heterocycles. The van der Waals surface area contributed by atoms with Crippen molar-refractivity contribution in [2.75, 3.05) is 7.11 Å². The summed E-state index contributed by atoms with van der Waals surface area (Å²) in [6, 6.07) is 0. The molecule has 0 aliphatic carbocycles. The Morgan fingerprint density at radius 3 is 2.60 bits per heavy atom. The number of hydrogen-bond donors (Lipinski definition) is 0. The number of methoxy groups -OCH3 is 1. The molecule has 0 rings (SSSR count). The maximum absolute atomic E-state index is 6.70. The first-order valence-corrected chi connectivity index (χ1v) is 3.77. The standard InChI is InChI=1S/C9H15O/c1-4-6-8-9(10-3)7-5-2/h9H,5-8H2,2-3H3. The zero-order valence-corrected chi connectivity index (χ0v) is 6.81. The molecule has 0 bridgehead atoms. The van der Waals surface area contributed by atoms with E-state index in [0.717, 1.165) is 25.7 Å². The van der Waals surface area contributed by atoms with Gasteiger partial charge in [-0.05, 0) is 19.3 Å². The fourth-order valence-electron chi connectivity index (χ4n) is 0.935. The third-order valence-corrected chi connectivity index (χ3v) is 1.54. The minimum atomic E-state index is 0.336. The molecule has 1 nitrogen and oxygen atoms in total. The molecule has 0 aromatic carbocycles. The highest BCUT2D eigenvalue weighted by atomic mass is 16.5. The van der Waals surface area contributed by atoms with E-state index in [-0.39, 0.29) is 0 Å². The summed E-state index contributed by atoms with van der Waals surface area (Å²) < 4.78 is 5.17. The van der Waals surface area contributed by atoms with Gasteiger partial charge in [-0.2, -0.15) is 0 Å². The van der Waals surface area contributed by atoms with Crippen LogP contribution in [0, 0.1) is 12.3 Å². The predicted molar refractivity (Wildman–Crippen MR) is 42.1 cm³/mol. The highest BCUT2D eigenvalue weighted by molar-refractivity contribution is 4.76. The molecule has 0 heterocycles. The van der Waals surface area contributed by atoms with Gasteiger partial charge in [-0.15, -0.1) is 0 Å². The summed E-state index contributed by atoms with van der Waals surface area (Å²) in [7, 11) is 1.73. The van der Waals surface area contributed by atoms with Crippen LogP contribution in [0.15, 0.2) is 0 Å². The van der Waals surface area contributed by atoms with Gasteiger partial charge in [-0.1, -0.05) is 19.3 Å². The zero-order valence-electron chi connectivity index (χ0n) is 6.81. The van der Waals surface area contributed by atoms with Crippen LogP contribution in [0.4, 0.5) is 0 Å². The van der Waals surface area contributed by atoms with Crippen molar-refractivity contribution in [3.8, 4) is 5.92 Å². The molecule has 0 N–H and O–H groups in total. The second-order valence-corrected chi connectivity index (χ2v) is 2.36. The van der Waals surface area contributed by atoms with Gasteiger partial charge >= 0.3 is 0 Å². The quantitative estimate of drug-likeness (QED) is 0.530. The maximum atomic E-state index is 6.70. The van der Waals surface area contributed by atoms with Gasteiger partial charge in [-0.25, -0.2) is 0 Å². The van der Waals surface area contributed by atoms with Crippen molar-refractivity contribution < 1.29 is 4.74 Å². The first-order chi connectivity index (χ1) is 4.85. The summed E-state index contributed by atoms with van der Waals surface area (Å²) in [4.78, 5) is 0. The number of rotatable bonds is 5. The fraction of sp³-hybridized carbons (Fsp3) is 0.778. The van der Waals surface area contributed by atoms with Crippen LogP contribution in [0.1, 0.15) is 32.6 Å². The lowest BCUT2D eigenvalue weighted by molar-refractivity contribution is 0.0887. The lowest BCUT2D eigenvalue weighted by Crippen LogP contribution is -2.08. The average molecular weight is 139 g/mol. The third-order valence-electron chi connectivity index (χ3n) is 1.54. The molecule has 0 saturated carbocycles. The van der Waals surface area contributed by atoms with E-state index < -0.39 is 0 Å². The molecular formula is C9H15O. The SMILES string of the molecule is [C]#CCCC(CCC)OC. The van der Waals surface area contributed by atoms with Gasteiger partial charge in [0.2, 0.25) is 0 Å². The van der Waals surface area contributed by atoms with Gasteiger partial charge in [0.15, 0.2) is 0 Å². The number of hydrogen-bond acceptors (Lipinski definition) is 1. The van der Waals surface area contributed by atoms with Crippen molar-refractivity contribution in [3.63, 3.8) is 0 Å². The van der Waals surface area contributed by atoms with E-state index >= 15 is 0 Å². The van der Waals surface area contributed by atoms with Gasteiger partial charge in [0.1, 0.15) is 0 Å². The maximum Gasteiger partial charge on any atom is 0.0580 e. The summed E-state index contributed by atoms with van der Waals surface area (Å²) in [5, 5.41) is 0. The van der Waals surface area contributed by atoms with E-state index in [1.165, 1.54) is 0 Å². The Balaban J connectivity index is 3.32. The van der Waals surface area contributed by atoms with Crippen LogP contribution in [0.2, 0.25) is 0 Å². The minimum Gasteiger partial charge on any atom is -0.381 e. The lowest BCUT2D eigenvalue weighted by atomic mass is 10.1. The molecule has 0 spiro atoms. The van der Waals surface area contributed by atoms with Crippen LogP contribution in [0.5, 0.6) is 0 Å². The van der Waals surface area contributed by atoms with Crippen LogP contribution >= 0.6 is 0 Å². The lowest BCUT2D eigenvalue weighted by Gasteiger charge is -2.11. The topological polar surface area (TPSA) is 9.23 Å². The van der Waals surface area contributed by atoms with Gasteiger partial charge in [0, 0.05) is 13.5 Å². The highest BCUT2D eigenvalue weighted by Crippen LogP contribution is 2.06. The summed E-state index contributed by atoms with van der Waals surface area (Å²) in [5.41, 5.74) is 0. The van der Waals surface area contributed by atoms with Gasteiger partial charge in [0.05, 0.1) is 6.10 Å². The summed E-state index contributed by atoms with van der Waals surface area (Å²) in [5.74, 6) is 2.36. The Bertz CT molecular complexity index is 102. The fourth-order valence-corrected chi connectivity index (χ4v) is 0.935. The molecule has 0 saturated heterocycles.